The first-order chi connectivity index (χ1) is 7.34. The summed E-state index contributed by atoms with van der Waals surface area (Å²) in [5.41, 5.74) is 3.08. The fraction of sp³-hybridized carbons (Fsp3) is 0.0769. The molecule has 0 bridgehead atoms. The van der Waals surface area contributed by atoms with Gasteiger partial charge in [-0.25, -0.2) is 9.97 Å². The first kappa shape index (κ1) is 9.42. The van der Waals surface area contributed by atoms with Crippen LogP contribution in [0.4, 0.5) is 0 Å². The van der Waals surface area contributed by atoms with Crippen molar-refractivity contribution in [3.8, 4) is 11.8 Å². The summed E-state index contributed by atoms with van der Waals surface area (Å²) in [5, 5.41) is 0. The van der Waals surface area contributed by atoms with Gasteiger partial charge in [0.05, 0.1) is 5.56 Å². The lowest BCUT2D eigenvalue weighted by Crippen LogP contribution is -1.80. The molecule has 2 heteroatoms. The van der Waals surface area contributed by atoms with Gasteiger partial charge in [0.1, 0.15) is 6.33 Å². The van der Waals surface area contributed by atoms with Gasteiger partial charge in [-0.15, -0.1) is 0 Å². The highest BCUT2D eigenvalue weighted by molar-refractivity contribution is 5.41. The van der Waals surface area contributed by atoms with E-state index in [9.17, 15) is 0 Å². The van der Waals surface area contributed by atoms with Crippen molar-refractivity contribution in [2.75, 3.05) is 0 Å². The molecule has 1 aromatic carbocycles. The average Bonchev–Trinajstić information content (AvgIpc) is 2.30. The predicted octanol–water partition coefficient (Wildman–Crippen LogP) is 2.18. The lowest BCUT2D eigenvalue weighted by molar-refractivity contribution is 1.16. The Morgan fingerprint density at radius 2 is 1.47 bits per heavy atom. The summed E-state index contributed by atoms with van der Waals surface area (Å²) in [4.78, 5) is 7.79. The molecule has 15 heavy (non-hydrogen) atoms. The highest BCUT2D eigenvalue weighted by Gasteiger charge is 1.87. The average molecular weight is 194 g/mol. The van der Waals surface area contributed by atoms with Crippen molar-refractivity contribution in [2.45, 2.75) is 6.92 Å². The number of hydrogen-bond acceptors (Lipinski definition) is 2. The minimum atomic E-state index is 0.832. The van der Waals surface area contributed by atoms with Crippen LogP contribution in [0.5, 0.6) is 0 Å². The number of hydrogen-bond donors (Lipinski definition) is 0. The number of nitrogens with zero attached hydrogens (tertiary/aromatic N) is 2. The Bertz CT molecular complexity index is 490. The molecule has 0 unspecified atom stereocenters. The number of aromatic nitrogens is 2. The van der Waals surface area contributed by atoms with Crippen molar-refractivity contribution in [2.24, 2.45) is 0 Å². The Kier molecular flexibility index (Phi) is 2.75. The van der Waals surface area contributed by atoms with Crippen LogP contribution in [-0.2, 0) is 0 Å². The normalized spacial score (nSPS) is 9.13. The molecule has 0 N–H and O–H groups in total. The zero-order chi connectivity index (χ0) is 10.5. The molecule has 0 fully saturated rings. The summed E-state index contributed by atoms with van der Waals surface area (Å²) in [6.45, 7) is 2.06. The fourth-order valence-electron chi connectivity index (χ4n) is 1.14. The quantitative estimate of drug-likeness (QED) is 0.601. The molecule has 0 atom stereocenters. The van der Waals surface area contributed by atoms with Gasteiger partial charge in [0.2, 0.25) is 0 Å². The van der Waals surface area contributed by atoms with E-state index in [1.165, 1.54) is 11.9 Å². The highest BCUT2D eigenvalue weighted by Crippen LogP contribution is 2.01. The number of benzene rings is 1. The molecular weight excluding hydrogens is 184 g/mol. The highest BCUT2D eigenvalue weighted by atomic mass is 14.8. The maximum atomic E-state index is 3.90. The number of rotatable bonds is 0. The van der Waals surface area contributed by atoms with Gasteiger partial charge in [0.25, 0.3) is 0 Å². The third-order valence-electron chi connectivity index (χ3n) is 1.96. The van der Waals surface area contributed by atoms with E-state index in [0.717, 1.165) is 11.1 Å². The third kappa shape index (κ3) is 2.65. The molecule has 2 aromatic rings. The molecule has 0 aliphatic heterocycles. The van der Waals surface area contributed by atoms with Gasteiger partial charge < -0.3 is 0 Å². The Labute approximate surface area is 89.0 Å². The van der Waals surface area contributed by atoms with E-state index < -0.39 is 0 Å². The van der Waals surface area contributed by atoms with Crippen LogP contribution >= 0.6 is 0 Å². The molecule has 0 radical (unpaired) electrons. The molecule has 1 heterocycles. The van der Waals surface area contributed by atoms with E-state index in [4.69, 9.17) is 0 Å². The minimum Gasteiger partial charge on any atom is -0.244 e. The summed E-state index contributed by atoms with van der Waals surface area (Å²) in [7, 11) is 0. The Morgan fingerprint density at radius 1 is 0.867 bits per heavy atom. The first-order valence-corrected chi connectivity index (χ1v) is 4.68. The van der Waals surface area contributed by atoms with Crippen LogP contribution < -0.4 is 0 Å². The molecule has 0 aliphatic rings. The number of aryl methyl sites for hydroxylation is 1. The standard InChI is InChI=1S/C13H10N2/c1-11-2-4-12(5-3-11)6-7-13-8-14-10-15-9-13/h2-5,8-10H,1H3. The van der Waals surface area contributed by atoms with Crippen molar-refractivity contribution < 1.29 is 0 Å². The van der Waals surface area contributed by atoms with Crippen molar-refractivity contribution in [3.63, 3.8) is 0 Å². The smallest absolute Gasteiger partial charge is 0.115 e. The lowest BCUT2D eigenvalue weighted by Gasteiger charge is -1.91. The summed E-state index contributed by atoms with van der Waals surface area (Å²) < 4.78 is 0. The SMILES string of the molecule is Cc1ccc(C#Cc2cncnc2)cc1. The second-order valence-corrected chi connectivity index (χ2v) is 3.24. The van der Waals surface area contributed by atoms with Crippen molar-refractivity contribution in [1.82, 2.24) is 9.97 Å². The summed E-state index contributed by atoms with van der Waals surface area (Å²) in [5.74, 6) is 6.06. The van der Waals surface area contributed by atoms with E-state index in [1.54, 1.807) is 12.4 Å². The second kappa shape index (κ2) is 4.39. The monoisotopic (exact) mass is 194 g/mol. The Morgan fingerprint density at radius 3 is 2.13 bits per heavy atom. The zero-order valence-electron chi connectivity index (χ0n) is 8.44. The van der Waals surface area contributed by atoms with E-state index >= 15 is 0 Å². The van der Waals surface area contributed by atoms with Crippen LogP contribution in [0.25, 0.3) is 0 Å². The second-order valence-electron chi connectivity index (χ2n) is 3.24. The van der Waals surface area contributed by atoms with Crippen LogP contribution in [-0.4, -0.2) is 9.97 Å². The van der Waals surface area contributed by atoms with E-state index in [1.807, 2.05) is 24.3 Å². The Balaban J connectivity index is 2.22. The predicted molar refractivity (Wildman–Crippen MR) is 59.2 cm³/mol. The third-order valence-corrected chi connectivity index (χ3v) is 1.96. The van der Waals surface area contributed by atoms with Gasteiger partial charge in [-0.3, -0.25) is 0 Å². The molecule has 0 spiro atoms. The summed E-state index contributed by atoms with van der Waals surface area (Å²) in [6.07, 6.45) is 4.90. The molecule has 1 aromatic heterocycles. The topological polar surface area (TPSA) is 25.8 Å². The molecule has 2 rings (SSSR count). The van der Waals surface area contributed by atoms with Crippen LogP contribution in [0, 0.1) is 18.8 Å². The summed E-state index contributed by atoms with van der Waals surface area (Å²) >= 11 is 0. The molecule has 2 nitrogen and oxygen atoms in total. The van der Waals surface area contributed by atoms with Gasteiger partial charge in [-0.1, -0.05) is 29.5 Å². The van der Waals surface area contributed by atoms with Crippen molar-refractivity contribution in [1.29, 1.82) is 0 Å². The summed E-state index contributed by atoms with van der Waals surface area (Å²) in [6, 6.07) is 8.11. The van der Waals surface area contributed by atoms with Gasteiger partial charge >= 0.3 is 0 Å². The van der Waals surface area contributed by atoms with E-state index in [2.05, 4.69) is 28.7 Å². The first-order valence-electron chi connectivity index (χ1n) is 4.68. The van der Waals surface area contributed by atoms with Crippen molar-refractivity contribution in [3.05, 3.63) is 59.7 Å². The van der Waals surface area contributed by atoms with Gasteiger partial charge in [-0.2, -0.15) is 0 Å². The lowest BCUT2D eigenvalue weighted by atomic mass is 10.1. The van der Waals surface area contributed by atoms with Gasteiger partial charge in [-0.05, 0) is 19.1 Å². The zero-order valence-corrected chi connectivity index (χ0v) is 8.44. The van der Waals surface area contributed by atoms with Crippen LogP contribution in [0.1, 0.15) is 16.7 Å². The fourth-order valence-corrected chi connectivity index (χ4v) is 1.14. The minimum absolute atomic E-state index is 0.832. The largest absolute Gasteiger partial charge is 0.244 e. The van der Waals surface area contributed by atoms with Crippen LogP contribution in [0.15, 0.2) is 43.0 Å². The maximum absolute atomic E-state index is 3.90. The van der Waals surface area contributed by atoms with Gasteiger partial charge in [0, 0.05) is 18.0 Å². The Hall–Kier alpha value is -2.14. The molecule has 0 saturated carbocycles. The van der Waals surface area contributed by atoms with E-state index in [0.29, 0.717) is 0 Å². The molecular formula is C13H10N2. The maximum Gasteiger partial charge on any atom is 0.115 e. The molecule has 0 aliphatic carbocycles. The van der Waals surface area contributed by atoms with Crippen molar-refractivity contribution >= 4 is 0 Å². The molecule has 0 saturated heterocycles. The van der Waals surface area contributed by atoms with Crippen LogP contribution in [0.3, 0.4) is 0 Å². The van der Waals surface area contributed by atoms with E-state index in [-0.39, 0.29) is 0 Å². The van der Waals surface area contributed by atoms with Gasteiger partial charge in [0.15, 0.2) is 0 Å². The van der Waals surface area contributed by atoms with Crippen LogP contribution in [0.2, 0.25) is 0 Å². The molecule has 0 amide bonds. The molecule has 72 valence electrons.